The van der Waals surface area contributed by atoms with Crippen LogP contribution in [0.5, 0.6) is 5.75 Å². The molecule has 1 aliphatic rings. The van der Waals surface area contributed by atoms with Crippen molar-refractivity contribution in [2.45, 2.75) is 30.9 Å². The summed E-state index contributed by atoms with van der Waals surface area (Å²) in [7, 11) is 0. The molecule has 0 spiro atoms. The maximum Gasteiger partial charge on any atom is 0.263 e. The van der Waals surface area contributed by atoms with E-state index in [4.69, 9.17) is 4.74 Å². The average molecular weight is 331 g/mol. The van der Waals surface area contributed by atoms with Gasteiger partial charge in [-0.15, -0.1) is 24.2 Å². The summed E-state index contributed by atoms with van der Waals surface area (Å²) < 4.78 is 5.74. The molecule has 1 saturated heterocycles. The summed E-state index contributed by atoms with van der Waals surface area (Å²) in [4.78, 5) is 15.4. The first-order chi connectivity index (χ1) is 9.60. The van der Waals surface area contributed by atoms with E-state index in [0.29, 0.717) is 6.04 Å². The molecule has 118 valence electrons. The highest BCUT2D eigenvalue weighted by atomic mass is 35.5. The Morgan fingerprint density at radius 1 is 1.43 bits per heavy atom. The van der Waals surface area contributed by atoms with Gasteiger partial charge in [0.25, 0.3) is 5.91 Å². The lowest BCUT2D eigenvalue weighted by Gasteiger charge is -2.33. The summed E-state index contributed by atoms with van der Waals surface area (Å²) >= 11 is 1.69. The highest BCUT2D eigenvalue weighted by Crippen LogP contribution is 2.20. The predicted octanol–water partition coefficient (Wildman–Crippen LogP) is 2.42. The van der Waals surface area contributed by atoms with Gasteiger partial charge in [0, 0.05) is 30.6 Å². The average Bonchev–Trinajstić information content (AvgIpc) is 2.47. The molecule has 0 bridgehead atoms. The first-order valence-electron chi connectivity index (χ1n) is 6.93. The molecule has 1 fully saturated rings. The van der Waals surface area contributed by atoms with Crippen LogP contribution in [0.3, 0.4) is 0 Å². The number of hydrogen-bond acceptors (Lipinski definition) is 4. The Kier molecular flexibility index (Phi) is 7.35. The topological polar surface area (TPSA) is 41.6 Å². The monoisotopic (exact) mass is 330 g/mol. The molecule has 1 aromatic carbocycles. The normalized spacial score (nSPS) is 19.6. The molecule has 2 unspecified atom stereocenters. The van der Waals surface area contributed by atoms with Crippen molar-refractivity contribution in [1.29, 1.82) is 0 Å². The lowest BCUT2D eigenvalue weighted by Crippen LogP contribution is -2.54. The first kappa shape index (κ1) is 18.1. The van der Waals surface area contributed by atoms with Gasteiger partial charge in [-0.3, -0.25) is 4.79 Å². The van der Waals surface area contributed by atoms with E-state index in [0.717, 1.165) is 25.4 Å². The van der Waals surface area contributed by atoms with Gasteiger partial charge in [0.1, 0.15) is 5.75 Å². The van der Waals surface area contributed by atoms with Gasteiger partial charge in [-0.2, -0.15) is 0 Å². The van der Waals surface area contributed by atoms with E-state index in [9.17, 15) is 4.79 Å². The van der Waals surface area contributed by atoms with Crippen molar-refractivity contribution >= 4 is 30.1 Å². The Morgan fingerprint density at radius 2 is 2.10 bits per heavy atom. The Hall–Kier alpha value is -0.910. The van der Waals surface area contributed by atoms with Crippen LogP contribution in [0.2, 0.25) is 0 Å². The minimum absolute atomic E-state index is 0. The minimum atomic E-state index is -0.444. The molecule has 6 heteroatoms. The van der Waals surface area contributed by atoms with E-state index in [-0.39, 0.29) is 18.3 Å². The number of halogens is 1. The van der Waals surface area contributed by atoms with Gasteiger partial charge >= 0.3 is 0 Å². The van der Waals surface area contributed by atoms with Crippen molar-refractivity contribution in [1.82, 2.24) is 10.2 Å². The number of rotatable bonds is 4. The van der Waals surface area contributed by atoms with Gasteiger partial charge in [0.2, 0.25) is 0 Å². The molecule has 1 N–H and O–H groups in total. The highest BCUT2D eigenvalue weighted by molar-refractivity contribution is 7.98. The molecule has 0 aromatic heterocycles. The van der Waals surface area contributed by atoms with Crippen LogP contribution >= 0.6 is 24.2 Å². The second-order valence-corrected chi connectivity index (χ2v) is 5.95. The van der Waals surface area contributed by atoms with Crippen LogP contribution < -0.4 is 10.1 Å². The van der Waals surface area contributed by atoms with Crippen molar-refractivity contribution in [2.75, 3.05) is 25.9 Å². The molecule has 0 saturated carbocycles. The SMILES string of the molecule is CSc1ccc(OC(C)C(=O)N2CCNC(C)C2)cc1.Cl. The van der Waals surface area contributed by atoms with E-state index < -0.39 is 6.10 Å². The molecule has 1 heterocycles. The van der Waals surface area contributed by atoms with Crippen molar-refractivity contribution in [3.05, 3.63) is 24.3 Å². The van der Waals surface area contributed by atoms with Crippen LogP contribution in [0.1, 0.15) is 13.8 Å². The number of amides is 1. The zero-order valence-electron chi connectivity index (χ0n) is 12.7. The minimum Gasteiger partial charge on any atom is -0.481 e. The summed E-state index contributed by atoms with van der Waals surface area (Å²) in [5.41, 5.74) is 0. The molecule has 2 atom stereocenters. The zero-order chi connectivity index (χ0) is 14.5. The highest BCUT2D eigenvalue weighted by Gasteiger charge is 2.25. The number of thioether (sulfide) groups is 1. The summed E-state index contributed by atoms with van der Waals surface area (Å²) in [5.74, 6) is 0.805. The third-order valence-electron chi connectivity index (χ3n) is 3.40. The maximum absolute atomic E-state index is 12.3. The van der Waals surface area contributed by atoms with E-state index in [2.05, 4.69) is 12.2 Å². The summed E-state index contributed by atoms with van der Waals surface area (Å²) in [6, 6.07) is 8.18. The number of carbonyl (C=O) groups is 1. The quantitative estimate of drug-likeness (QED) is 0.861. The zero-order valence-corrected chi connectivity index (χ0v) is 14.3. The first-order valence-corrected chi connectivity index (χ1v) is 8.15. The number of nitrogens with one attached hydrogen (secondary N) is 1. The Labute approximate surface area is 137 Å². The van der Waals surface area contributed by atoms with Gasteiger partial charge in [0.05, 0.1) is 0 Å². The fraction of sp³-hybridized carbons (Fsp3) is 0.533. The molecule has 1 aliphatic heterocycles. The van der Waals surface area contributed by atoms with Gasteiger partial charge in [-0.25, -0.2) is 0 Å². The second kappa shape index (κ2) is 8.51. The van der Waals surface area contributed by atoms with Gasteiger partial charge in [-0.1, -0.05) is 0 Å². The fourth-order valence-electron chi connectivity index (χ4n) is 2.30. The summed E-state index contributed by atoms with van der Waals surface area (Å²) in [5, 5.41) is 3.33. The summed E-state index contributed by atoms with van der Waals surface area (Å²) in [6.07, 6.45) is 1.59. The van der Waals surface area contributed by atoms with Crippen molar-refractivity contribution in [3.8, 4) is 5.75 Å². The van der Waals surface area contributed by atoms with Crippen LogP contribution in [0.15, 0.2) is 29.2 Å². The molecule has 1 aromatic rings. The number of hydrogen-bond donors (Lipinski definition) is 1. The molecule has 0 aliphatic carbocycles. The molecule has 2 rings (SSSR count). The third kappa shape index (κ3) is 5.09. The third-order valence-corrected chi connectivity index (χ3v) is 4.14. The lowest BCUT2D eigenvalue weighted by atomic mass is 10.2. The Morgan fingerprint density at radius 3 is 2.67 bits per heavy atom. The summed E-state index contributed by atoms with van der Waals surface area (Å²) in [6.45, 7) is 6.26. The number of ether oxygens (including phenoxy) is 1. The lowest BCUT2D eigenvalue weighted by molar-refractivity contribution is -0.139. The smallest absolute Gasteiger partial charge is 0.263 e. The van der Waals surface area contributed by atoms with Crippen molar-refractivity contribution in [2.24, 2.45) is 0 Å². The van der Waals surface area contributed by atoms with E-state index in [1.165, 1.54) is 4.90 Å². The molecule has 21 heavy (non-hydrogen) atoms. The van der Waals surface area contributed by atoms with E-state index in [1.807, 2.05) is 42.3 Å². The second-order valence-electron chi connectivity index (χ2n) is 5.08. The number of carbonyl (C=O) groups excluding carboxylic acids is 1. The van der Waals surface area contributed by atoms with Crippen molar-refractivity contribution in [3.63, 3.8) is 0 Å². The molecular formula is C15H23ClN2O2S. The van der Waals surface area contributed by atoms with E-state index >= 15 is 0 Å². The van der Waals surface area contributed by atoms with Crippen LogP contribution in [0.4, 0.5) is 0 Å². The standard InChI is InChI=1S/C15H22N2O2S.ClH/c1-11-10-17(9-8-16-11)15(18)12(2)19-13-4-6-14(20-3)7-5-13;/h4-7,11-12,16H,8-10H2,1-3H3;1H. The van der Waals surface area contributed by atoms with E-state index in [1.54, 1.807) is 11.8 Å². The molecular weight excluding hydrogens is 308 g/mol. The predicted molar refractivity (Wildman–Crippen MR) is 89.6 cm³/mol. The number of benzene rings is 1. The van der Waals surface area contributed by atoms with Crippen LogP contribution in [0, 0.1) is 0 Å². The Bertz CT molecular complexity index is 455. The molecule has 0 radical (unpaired) electrons. The van der Waals surface area contributed by atoms with Gasteiger partial charge in [0.15, 0.2) is 6.10 Å². The largest absolute Gasteiger partial charge is 0.481 e. The maximum atomic E-state index is 12.3. The number of nitrogens with zero attached hydrogens (tertiary/aromatic N) is 1. The van der Waals surface area contributed by atoms with Gasteiger partial charge in [-0.05, 0) is 44.4 Å². The molecule has 1 amide bonds. The van der Waals surface area contributed by atoms with Gasteiger partial charge < -0.3 is 15.0 Å². The fourth-order valence-corrected chi connectivity index (χ4v) is 2.71. The van der Waals surface area contributed by atoms with Crippen LogP contribution in [0.25, 0.3) is 0 Å². The molecule has 4 nitrogen and oxygen atoms in total. The van der Waals surface area contributed by atoms with Crippen LogP contribution in [-0.2, 0) is 4.79 Å². The Balaban J connectivity index is 0.00000220. The number of piperazine rings is 1. The van der Waals surface area contributed by atoms with Crippen LogP contribution in [-0.4, -0.2) is 48.8 Å². The van der Waals surface area contributed by atoms with Crippen molar-refractivity contribution < 1.29 is 9.53 Å².